The average molecular weight is 448 g/mol. The van der Waals surface area contributed by atoms with Gasteiger partial charge in [-0.1, -0.05) is 12.1 Å². The Balaban J connectivity index is 1.46. The van der Waals surface area contributed by atoms with Gasteiger partial charge in [0.25, 0.3) is 0 Å². The third-order valence-electron chi connectivity index (χ3n) is 5.81. The van der Waals surface area contributed by atoms with Crippen LogP contribution >= 0.6 is 0 Å². The zero-order valence-electron chi connectivity index (χ0n) is 18.5. The van der Waals surface area contributed by atoms with Crippen LogP contribution in [0, 0.1) is 12.7 Å². The number of ether oxygens (including phenoxy) is 1. The van der Waals surface area contributed by atoms with Crippen LogP contribution in [0.3, 0.4) is 0 Å². The van der Waals surface area contributed by atoms with Gasteiger partial charge in [0.15, 0.2) is 17.0 Å². The molecular weight excluding hydrogens is 421 g/mol. The molecule has 0 aliphatic carbocycles. The summed E-state index contributed by atoms with van der Waals surface area (Å²) in [6.07, 6.45) is 5.28. The first-order chi connectivity index (χ1) is 16.1. The van der Waals surface area contributed by atoms with Crippen molar-refractivity contribution < 1.29 is 9.13 Å². The molecule has 0 bridgehead atoms. The zero-order chi connectivity index (χ0) is 22.8. The van der Waals surface area contributed by atoms with Crippen LogP contribution in [-0.2, 0) is 6.54 Å². The van der Waals surface area contributed by atoms with Gasteiger partial charge < -0.3 is 15.0 Å². The number of hydrogen-bond donors (Lipinski definition) is 1. The summed E-state index contributed by atoms with van der Waals surface area (Å²) in [7, 11) is 0. The van der Waals surface area contributed by atoms with Gasteiger partial charge in [0.1, 0.15) is 29.8 Å². The lowest BCUT2D eigenvalue weighted by Crippen LogP contribution is -2.25. The van der Waals surface area contributed by atoms with Crippen molar-refractivity contribution in [3.8, 4) is 17.1 Å². The Kier molecular flexibility index (Phi) is 5.87. The predicted octanol–water partition coefficient (Wildman–Crippen LogP) is 3.44. The molecular formula is C24H26FN7O. The van der Waals surface area contributed by atoms with E-state index in [9.17, 15) is 4.39 Å². The number of halogens is 1. The Morgan fingerprint density at radius 3 is 2.76 bits per heavy atom. The summed E-state index contributed by atoms with van der Waals surface area (Å²) < 4.78 is 21.9. The number of rotatable bonds is 7. The van der Waals surface area contributed by atoms with E-state index in [1.807, 2.05) is 28.8 Å². The van der Waals surface area contributed by atoms with Crippen molar-refractivity contribution in [2.45, 2.75) is 26.3 Å². The van der Waals surface area contributed by atoms with E-state index in [4.69, 9.17) is 10.5 Å². The second kappa shape index (κ2) is 9.11. The first-order valence-corrected chi connectivity index (χ1v) is 11.1. The van der Waals surface area contributed by atoms with Gasteiger partial charge in [-0.15, -0.1) is 0 Å². The number of hydrogen-bond acceptors (Lipinski definition) is 7. The highest BCUT2D eigenvalue weighted by Gasteiger charge is 2.18. The van der Waals surface area contributed by atoms with Gasteiger partial charge >= 0.3 is 0 Å². The lowest BCUT2D eigenvalue weighted by Gasteiger charge is -2.15. The molecule has 9 heteroatoms. The molecule has 3 aromatic heterocycles. The molecule has 4 aromatic rings. The Hall–Kier alpha value is -3.59. The monoisotopic (exact) mass is 447 g/mol. The fraction of sp³-hybridized carbons (Fsp3) is 0.333. The van der Waals surface area contributed by atoms with Crippen LogP contribution in [0.25, 0.3) is 22.6 Å². The quantitative estimate of drug-likeness (QED) is 0.464. The minimum atomic E-state index is -0.435. The molecule has 1 aliphatic rings. The Morgan fingerprint density at radius 2 is 1.94 bits per heavy atom. The summed E-state index contributed by atoms with van der Waals surface area (Å²) in [4.78, 5) is 19.9. The summed E-state index contributed by atoms with van der Waals surface area (Å²) in [5.74, 6) is 1.75. The van der Waals surface area contributed by atoms with Gasteiger partial charge in [-0.05, 0) is 56.6 Å². The van der Waals surface area contributed by atoms with Crippen molar-refractivity contribution in [2.24, 2.45) is 0 Å². The van der Waals surface area contributed by atoms with Gasteiger partial charge in [0.05, 0.1) is 12.7 Å². The van der Waals surface area contributed by atoms with E-state index >= 15 is 0 Å². The second-order valence-electron chi connectivity index (χ2n) is 8.29. The molecule has 0 atom stereocenters. The second-order valence-corrected chi connectivity index (χ2v) is 8.29. The van der Waals surface area contributed by atoms with Crippen LogP contribution in [0.2, 0.25) is 0 Å². The summed E-state index contributed by atoms with van der Waals surface area (Å²) >= 11 is 0. The van der Waals surface area contributed by atoms with Gasteiger partial charge in [-0.3, -0.25) is 9.88 Å². The number of fused-ring (bicyclic) bond motifs is 1. The molecule has 5 rings (SSSR count). The van der Waals surface area contributed by atoms with E-state index < -0.39 is 5.82 Å². The number of aromatic nitrogens is 5. The highest BCUT2D eigenvalue weighted by atomic mass is 19.1. The fourth-order valence-electron chi connectivity index (χ4n) is 4.25. The highest BCUT2D eigenvalue weighted by molar-refractivity contribution is 5.85. The molecule has 2 N–H and O–H groups in total. The van der Waals surface area contributed by atoms with Crippen LogP contribution in [0.1, 0.15) is 24.2 Å². The number of benzene rings is 1. The number of nitrogen functional groups attached to an aromatic ring is 1. The third-order valence-corrected chi connectivity index (χ3v) is 5.81. The maximum atomic E-state index is 13.9. The number of pyridine rings is 1. The molecule has 8 nitrogen and oxygen atoms in total. The van der Waals surface area contributed by atoms with Crippen LogP contribution in [0.15, 0.2) is 42.7 Å². The Morgan fingerprint density at radius 1 is 1.09 bits per heavy atom. The molecule has 0 unspecified atom stereocenters. The summed E-state index contributed by atoms with van der Waals surface area (Å²) in [6, 6.07) is 9.36. The zero-order valence-corrected chi connectivity index (χ0v) is 18.5. The van der Waals surface area contributed by atoms with Crippen molar-refractivity contribution in [3.63, 3.8) is 0 Å². The largest absolute Gasteiger partial charge is 0.492 e. The summed E-state index contributed by atoms with van der Waals surface area (Å²) in [6.45, 7) is 6.13. The van der Waals surface area contributed by atoms with Crippen LogP contribution < -0.4 is 10.5 Å². The van der Waals surface area contributed by atoms with Gasteiger partial charge in [-0.2, -0.15) is 0 Å². The number of nitrogens with two attached hydrogens (primary N) is 1. The molecule has 0 amide bonds. The molecule has 170 valence electrons. The van der Waals surface area contributed by atoms with Crippen molar-refractivity contribution in [2.75, 3.05) is 32.0 Å². The smallest absolute Gasteiger partial charge is 0.166 e. The number of anilines is 1. The predicted molar refractivity (Wildman–Crippen MR) is 124 cm³/mol. The molecule has 1 fully saturated rings. The summed E-state index contributed by atoms with van der Waals surface area (Å²) in [5.41, 5.74) is 8.76. The third kappa shape index (κ3) is 4.63. The van der Waals surface area contributed by atoms with Crippen molar-refractivity contribution >= 4 is 17.0 Å². The lowest BCUT2D eigenvalue weighted by atomic mass is 10.2. The average Bonchev–Trinajstić information content (AvgIpc) is 3.43. The van der Waals surface area contributed by atoms with E-state index in [2.05, 4.69) is 24.8 Å². The summed E-state index contributed by atoms with van der Waals surface area (Å²) in [5, 5.41) is 0. The topological polar surface area (TPSA) is 95.0 Å². The Bertz CT molecular complexity index is 1280. The molecule has 0 spiro atoms. The number of likely N-dealkylation sites (tertiary alicyclic amines) is 1. The lowest BCUT2D eigenvalue weighted by molar-refractivity contribution is 0.237. The van der Waals surface area contributed by atoms with E-state index in [-0.39, 0.29) is 0 Å². The Labute approximate surface area is 191 Å². The highest BCUT2D eigenvalue weighted by Crippen LogP contribution is 2.28. The van der Waals surface area contributed by atoms with E-state index in [1.54, 1.807) is 13.1 Å². The van der Waals surface area contributed by atoms with Crippen LogP contribution in [0.5, 0.6) is 5.75 Å². The van der Waals surface area contributed by atoms with E-state index in [1.165, 1.54) is 18.9 Å². The standard InChI is InChI=1S/C24H26FN7O/c1-16-28-22(26)21-24(29-16)32(23(30-21)18-12-19(25)14-27-13-18)15-17-5-4-6-20(11-17)33-10-9-31-7-2-3-8-31/h4-6,11-14H,2-3,7-10,15H2,1H3,(H2,26,28,29). The molecule has 0 saturated carbocycles. The van der Waals surface area contributed by atoms with Crippen molar-refractivity contribution in [3.05, 3.63) is 59.9 Å². The van der Waals surface area contributed by atoms with Gasteiger partial charge in [0, 0.05) is 18.3 Å². The van der Waals surface area contributed by atoms with Gasteiger partial charge in [0.2, 0.25) is 0 Å². The van der Waals surface area contributed by atoms with Crippen molar-refractivity contribution in [1.82, 2.24) is 29.4 Å². The molecule has 4 heterocycles. The number of imidazole rings is 1. The van der Waals surface area contributed by atoms with Crippen LogP contribution in [-0.4, -0.2) is 55.6 Å². The van der Waals surface area contributed by atoms with E-state index in [0.29, 0.717) is 47.3 Å². The van der Waals surface area contributed by atoms with Gasteiger partial charge in [-0.25, -0.2) is 19.3 Å². The molecule has 1 aromatic carbocycles. The molecule has 33 heavy (non-hydrogen) atoms. The maximum absolute atomic E-state index is 13.9. The minimum absolute atomic E-state index is 0.292. The van der Waals surface area contributed by atoms with Crippen LogP contribution in [0.4, 0.5) is 10.2 Å². The molecule has 1 saturated heterocycles. The molecule has 1 aliphatic heterocycles. The number of nitrogens with zero attached hydrogens (tertiary/aromatic N) is 6. The fourth-order valence-corrected chi connectivity index (χ4v) is 4.25. The normalized spacial score (nSPS) is 14.2. The first kappa shape index (κ1) is 21.3. The number of aryl methyl sites for hydroxylation is 1. The first-order valence-electron chi connectivity index (χ1n) is 11.1. The minimum Gasteiger partial charge on any atom is -0.492 e. The van der Waals surface area contributed by atoms with Crippen molar-refractivity contribution in [1.29, 1.82) is 0 Å². The maximum Gasteiger partial charge on any atom is 0.166 e. The van der Waals surface area contributed by atoms with E-state index in [0.717, 1.165) is 37.1 Å². The SMILES string of the molecule is Cc1nc(N)c2nc(-c3cncc(F)c3)n(Cc3cccc(OCCN4CCCC4)c3)c2n1. The molecule has 0 radical (unpaired) electrons.